The van der Waals surface area contributed by atoms with Crippen molar-refractivity contribution in [1.29, 1.82) is 0 Å². The summed E-state index contributed by atoms with van der Waals surface area (Å²) in [6.07, 6.45) is 4.91. The van der Waals surface area contributed by atoms with Gasteiger partial charge in [-0.1, -0.05) is 19.2 Å². The number of hydrogen-bond acceptors (Lipinski definition) is 3. The van der Waals surface area contributed by atoms with Crippen molar-refractivity contribution in [1.82, 2.24) is 10.3 Å². The van der Waals surface area contributed by atoms with E-state index in [2.05, 4.69) is 50.4 Å². The molecular weight excluding hydrogens is 314 g/mol. The lowest BCUT2D eigenvalue weighted by molar-refractivity contribution is 0.370. The second kappa shape index (κ2) is 6.95. The molecule has 20 heavy (non-hydrogen) atoms. The topological polar surface area (TPSA) is 37.3 Å². The molecule has 0 spiro atoms. The van der Waals surface area contributed by atoms with Gasteiger partial charge in [0.15, 0.2) is 0 Å². The van der Waals surface area contributed by atoms with Gasteiger partial charge in [-0.25, -0.2) is 4.98 Å². The summed E-state index contributed by atoms with van der Waals surface area (Å²) in [7, 11) is 0. The summed E-state index contributed by atoms with van der Waals surface area (Å²) in [6, 6.07) is 6.53. The lowest BCUT2D eigenvalue weighted by Crippen LogP contribution is -2.43. The van der Waals surface area contributed by atoms with Gasteiger partial charge in [0.05, 0.1) is 23.5 Å². The molecule has 0 bridgehead atoms. The molecule has 1 aliphatic rings. The van der Waals surface area contributed by atoms with Crippen molar-refractivity contribution < 1.29 is 0 Å². The molecule has 106 valence electrons. The third-order valence-electron chi connectivity index (χ3n) is 3.48. The minimum atomic E-state index is 0.227. The fraction of sp³-hybridized carbons (Fsp3) is 0.375. The SMILES string of the molecule is C=CN=C(C(=C)C)C1CCCC(c2cccc(Br)n2)N1. The summed E-state index contributed by atoms with van der Waals surface area (Å²) in [5, 5.41) is 3.64. The van der Waals surface area contributed by atoms with E-state index in [9.17, 15) is 0 Å². The van der Waals surface area contributed by atoms with Crippen molar-refractivity contribution in [3.8, 4) is 0 Å². The lowest BCUT2D eigenvalue weighted by atomic mass is 9.91. The molecule has 2 unspecified atom stereocenters. The smallest absolute Gasteiger partial charge is 0.106 e. The van der Waals surface area contributed by atoms with Gasteiger partial charge in [-0.3, -0.25) is 4.99 Å². The number of halogens is 1. The van der Waals surface area contributed by atoms with E-state index in [0.29, 0.717) is 0 Å². The van der Waals surface area contributed by atoms with Crippen molar-refractivity contribution in [2.75, 3.05) is 0 Å². The normalized spacial score (nSPS) is 23.4. The molecule has 1 aromatic rings. The lowest BCUT2D eigenvalue weighted by Gasteiger charge is -2.31. The number of rotatable bonds is 4. The summed E-state index contributed by atoms with van der Waals surface area (Å²) in [5.74, 6) is 0. The Morgan fingerprint density at radius 1 is 1.50 bits per heavy atom. The van der Waals surface area contributed by atoms with Gasteiger partial charge in [-0.05, 0) is 59.8 Å². The number of piperidine rings is 1. The second-order valence-corrected chi connectivity index (χ2v) is 5.88. The Morgan fingerprint density at radius 3 is 2.95 bits per heavy atom. The Hall–Kier alpha value is -1.26. The van der Waals surface area contributed by atoms with Crippen molar-refractivity contribution in [2.24, 2.45) is 4.99 Å². The maximum atomic E-state index is 4.55. The maximum absolute atomic E-state index is 4.55. The van der Waals surface area contributed by atoms with E-state index in [4.69, 9.17) is 0 Å². The van der Waals surface area contributed by atoms with Gasteiger partial charge in [0.2, 0.25) is 0 Å². The fourth-order valence-electron chi connectivity index (χ4n) is 2.60. The fourth-order valence-corrected chi connectivity index (χ4v) is 2.96. The molecule has 4 heteroatoms. The predicted molar refractivity (Wildman–Crippen MR) is 87.9 cm³/mol. The van der Waals surface area contributed by atoms with Crippen LogP contribution in [0.2, 0.25) is 0 Å². The zero-order chi connectivity index (χ0) is 14.5. The highest BCUT2D eigenvalue weighted by Crippen LogP contribution is 2.26. The number of nitrogens with one attached hydrogen (secondary N) is 1. The van der Waals surface area contributed by atoms with Crippen LogP contribution < -0.4 is 5.32 Å². The third kappa shape index (κ3) is 3.64. The summed E-state index contributed by atoms with van der Waals surface area (Å²) < 4.78 is 0.874. The molecule has 1 aliphatic heterocycles. The van der Waals surface area contributed by atoms with E-state index in [1.807, 2.05) is 19.1 Å². The van der Waals surface area contributed by atoms with Gasteiger partial charge in [-0.15, -0.1) is 0 Å². The first kappa shape index (κ1) is 15.1. The third-order valence-corrected chi connectivity index (χ3v) is 3.92. The maximum Gasteiger partial charge on any atom is 0.106 e. The molecular formula is C16H20BrN3. The predicted octanol–water partition coefficient (Wildman–Crippen LogP) is 4.19. The Labute approximate surface area is 129 Å². The summed E-state index contributed by atoms with van der Waals surface area (Å²) in [4.78, 5) is 8.94. The molecule has 1 aromatic heterocycles. The zero-order valence-corrected chi connectivity index (χ0v) is 13.4. The van der Waals surface area contributed by atoms with Crippen LogP contribution in [0.4, 0.5) is 0 Å². The van der Waals surface area contributed by atoms with E-state index in [1.165, 1.54) is 0 Å². The van der Waals surface area contributed by atoms with Crippen LogP contribution in [-0.4, -0.2) is 16.7 Å². The van der Waals surface area contributed by atoms with Crippen molar-refractivity contribution in [2.45, 2.75) is 38.3 Å². The molecule has 2 rings (SSSR count). The number of aromatic nitrogens is 1. The molecule has 1 saturated heterocycles. The minimum Gasteiger partial charge on any atom is -0.300 e. The van der Waals surface area contributed by atoms with Gasteiger partial charge in [0.1, 0.15) is 4.60 Å². The monoisotopic (exact) mass is 333 g/mol. The molecule has 0 aromatic carbocycles. The molecule has 0 radical (unpaired) electrons. The first-order valence-corrected chi connectivity index (χ1v) is 7.64. The first-order chi connectivity index (χ1) is 9.61. The molecule has 1 N–H and O–H groups in total. The number of pyridine rings is 1. The second-order valence-electron chi connectivity index (χ2n) is 5.07. The van der Waals surface area contributed by atoms with E-state index in [0.717, 1.165) is 40.8 Å². The molecule has 3 nitrogen and oxygen atoms in total. The van der Waals surface area contributed by atoms with E-state index in [-0.39, 0.29) is 12.1 Å². The Balaban J connectivity index is 2.18. The molecule has 2 atom stereocenters. The van der Waals surface area contributed by atoms with Crippen LogP contribution >= 0.6 is 15.9 Å². The standard InChI is InChI=1S/C16H20BrN3/c1-4-18-16(11(2)3)14-9-5-7-12(19-14)13-8-6-10-15(17)20-13/h4,6,8,10,12,14,19H,1-2,5,7,9H2,3H3. The molecule has 0 saturated carbocycles. The average Bonchev–Trinajstić information content (AvgIpc) is 2.44. The van der Waals surface area contributed by atoms with Crippen LogP contribution in [-0.2, 0) is 0 Å². The highest BCUT2D eigenvalue weighted by Gasteiger charge is 2.26. The van der Waals surface area contributed by atoms with Crippen LogP contribution in [0.5, 0.6) is 0 Å². The molecule has 2 heterocycles. The average molecular weight is 334 g/mol. The van der Waals surface area contributed by atoms with Crippen molar-refractivity contribution in [3.05, 3.63) is 53.4 Å². The summed E-state index contributed by atoms with van der Waals surface area (Å²) >= 11 is 3.43. The number of hydrogen-bond donors (Lipinski definition) is 1. The van der Waals surface area contributed by atoms with Crippen LogP contribution in [0, 0.1) is 0 Å². The van der Waals surface area contributed by atoms with E-state index < -0.39 is 0 Å². The summed E-state index contributed by atoms with van der Waals surface area (Å²) in [5.41, 5.74) is 3.06. The summed E-state index contributed by atoms with van der Waals surface area (Å²) in [6.45, 7) is 9.70. The highest BCUT2D eigenvalue weighted by molar-refractivity contribution is 9.10. The van der Waals surface area contributed by atoms with Crippen LogP contribution in [0.15, 0.2) is 52.7 Å². The molecule has 0 amide bonds. The van der Waals surface area contributed by atoms with Crippen LogP contribution in [0.3, 0.4) is 0 Å². The number of nitrogens with zero attached hydrogens (tertiary/aromatic N) is 2. The van der Waals surface area contributed by atoms with Gasteiger partial charge in [0.25, 0.3) is 0 Å². The first-order valence-electron chi connectivity index (χ1n) is 6.85. The zero-order valence-electron chi connectivity index (χ0n) is 11.8. The Morgan fingerprint density at radius 2 is 2.30 bits per heavy atom. The minimum absolute atomic E-state index is 0.227. The van der Waals surface area contributed by atoms with Gasteiger partial charge in [-0.2, -0.15) is 0 Å². The van der Waals surface area contributed by atoms with E-state index >= 15 is 0 Å². The van der Waals surface area contributed by atoms with Gasteiger partial charge < -0.3 is 5.32 Å². The quantitative estimate of drug-likeness (QED) is 0.662. The largest absolute Gasteiger partial charge is 0.300 e. The Bertz CT molecular complexity index is 536. The van der Waals surface area contributed by atoms with Gasteiger partial charge in [0, 0.05) is 6.20 Å². The van der Waals surface area contributed by atoms with Crippen molar-refractivity contribution in [3.63, 3.8) is 0 Å². The van der Waals surface area contributed by atoms with E-state index in [1.54, 1.807) is 6.20 Å². The number of aliphatic imine (C=N–C) groups is 1. The van der Waals surface area contributed by atoms with Crippen LogP contribution in [0.25, 0.3) is 0 Å². The Kier molecular flexibility index (Phi) is 5.26. The molecule has 1 fully saturated rings. The van der Waals surface area contributed by atoms with Crippen LogP contribution in [0.1, 0.15) is 37.9 Å². The van der Waals surface area contributed by atoms with Crippen molar-refractivity contribution >= 4 is 21.6 Å². The molecule has 0 aliphatic carbocycles. The highest BCUT2D eigenvalue weighted by atomic mass is 79.9. The van der Waals surface area contributed by atoms with Gasteiger partial charge >= 0.3 is 0 Å².